The molecule has 1 atom stereocenters. The van der Waals surface area contributed by atoms with Gasteiger partial charge in [-0.1, -0.05) is 24.3 Å². The highest BCUT2D eigenvalue weighted by Crippen LogP contribution is 2.34. The second kappa shape index (κ2) is 6.73. The van der Waals surface area contributed by atoms with E-state index in [0.717, 1.165) is 11.6 Å². The van der Waals surface area contributed by atoms with Crippen molar-refractivity contribution in [2.75, 3.05) is 5.32 Å². The molecule has 2 aromatic carbocycles. The summed E-state index contributed by atoms with van der Waals surface area (Å²) in [6.07, 6.45) is -5.47. The van der Waals surface area contributed by atoms with Crippen LogP contribution in [0.2, 0.25) is 0 Å². The van der Waals surface area contributed by atoms with E-state index in [1.54, 1.807) is 18.2 Å². The van der Waals surface area contributed by atoms with Crippen LogP contribution in [0, 0.1) is 6.92 Å². The lowest BCUT2D eigenvalue weighted by Gasteiger charge is -2.17. The number of aryl methyl sites for hydroxylation is 1. The van der Waals surface area contributed by atoms with Crippen LogP contribution in [-0.2, 0) is 11.0 Å². The Labute approximate surface area is 132 Å². The van der Waals surface area contributed by atoms with Gasteiger partial charge in [0, 0.05) is 0 Å². The van der Waals surface area contributed by atoms with Crippen LogP contribution in [0.15, 0.2) is 48.5 Å². The molecule has 2 rings (SSSR count). The van der Waals surface area contributed by atoms with Gasteiger partial charge in [-0.2, -0.15) is 13.2 Å². The summed E-state index contributed by atoms with van der Waals surface area (Å²) in [5, 5.41) is 2.27. The van der Waals surface area contributed by atoms with Gasteiger partial charge in [-0.3, -0.25) is 4.79 Å². The van der Waals surface area contributed by atoms with Crippen molar-refractivity contribution in [3.05, 3.63) is 59.7 Å². The average Bonchev–Trinajstić information content (AvgIpc) is 2.46. The second-order valence-corrected chi connectivity index (χ2v) is 5.11. The molecule has 0 aliphatic rings. The summed E-state index contributed by atoms with van der Waals surface area (Å²) in [7, 11) is 0. The molecular weight excluding hydrogens is 307 g/mol. The fraction of sp³-hybridized carbons (Fsp3) is 0.235. The normalized spacial score (nSPS) is 12.6. The first-order valence-corrected chi connectivity index (χ1v) is 6.98. The number of benzene rings is 2. The van der Waals surface area contributed by atoms with Gasteiger partial charge in [0.05, 0.1) is 11.3 Å². The largest absolute Gasteiger partial charge is 0.481 e. The molecular formula is C17H16F3NO2. The van der Waals surface area contributed by atoms with E-state index >= 15 is 0 Å². The highest BCUT2D eigenvalue weighted by Gasteiger charge is 2.33. The standard InChI is InChI=1S/C17H16F3NO2/c1-11-6-5-7-13(10-11)23-12(2)16(22)21-15-9-4-3-8-14(15)17(18,19)20/h3-10,12H,1-2H3,(H,21,22)/t12-/m0/s1. The van der Waals surface area contributed by atoms with Crippen LogP contribution < -0.4 is 10.1 Å². The van der Waals surface area contributed by atoms with E-state index in [-0.39, 0.29) is 5.69 Å². The molecule has 1 N–H and O–H groups in total. The SMILES string of the molecule is Cc1cccc(O[C@@H](C)C(=O)Nc2ccccc2C(F)(F)F)c1. The van der Waals surface area contributed by atoms with Crippen molar-refractivity contribution in [1.29, 1.82) is 0 Å². The van der Waals surface area contributed by atoms with Gasteiger partial charge in [0.2, 0.25) is 0 Å². The average molecular weight is 323 g/mol. The van der Waals surface area contributed by atoms with Crippen LogP contribution >= 0.6 is 0 Å². The van der Waals surface area contributed by atoms with Gasteiger partial charge >= 0.3 is 6.18 Å². The highest BCUT2D eigenvalue weighted by atomic mass is 19.4. The molecule has 6 heteroatoms. The Balaban J connectivity index is 2.10. The number of nitrogens with one attached hydrogen (secondary N) is 1. The minimum atomic E-state index is -4.54. The molecule has 0 aromatic heterocycles. The van der Waals surface area contributed by atoms with Gasteiger partial charge in [0.15, 0.2) is 6.10 Å². The lowest BCUT2D eigenvalue weighted by Crippen LogP contribution is -2.31. The first-order chi connectivity index (χ1) is 10.8. The molecule has 0 aliphatic heterocycles. The van der Waals surface area contributed by atoms with E-state index in [9.17, 15) is 18.0 Å². The van der Waals surface area contributed by atoms with Crippen molar-refractivity contribution in [1.82, 2.24) is 0 Å². The summed E-state index contributed by atoms with van der Waals surface area (Å²) in [6, 6.07) is 11.9. The third-order valence-electron chi connectivity index (χ3n) is 3.16. The van der Waals surface area contributed by atoms with E-state index < -0.39 is 23.8 Å². The molecule has 0 fully saturated rings. The maximum absolute atomic E-state index is 12.9. The Bertz CT molecular complexity index is 698. The molecule has 0 spiro atoms. The minimum absolute atomic E-state index is 0.287. The van der Waals surface area contributed by atoms with Crippen molar-refractivity contribution in [3.8, 4) is 5.75 Å². The number of carbonyl (C=O) groups is 1. The molecule has 0 radical (unpaired) electrons. The Morgan fingerprint density at radius 3 is 2.48 bits per heavy atom. The van der Waals surface area contributed by atoms with Crippen molar-refractivity contribution >= 4 is 11.6 Å². The predicted molar refractivity (Wildman–Crippen MR) is 81.3 cm³/mol. The molecule has 0 saturated heterocycles. The minimum Gasteiger partial charge on any atom is -0.481 e. The molecule has 0 bridgehead atoms. The topological polar surface area (TPSA) is 38.3 Å². The number of para-hydroxylation sites is 1. The van der Waals surface area contributed by atoms with E-state index in [1.165, 1.54) is 25.1 Å². The highest BCUT2D eigenvalue weighted by molar-refractivity contribution is 5.94. The van der Waals surface area contributed by atoms with Gasteiger partial charge < -0.3 is 10.1 Å². The van der Waals surface area contributed by atoms with E-state index in [0.29, 0.717) is 5.75 Å². The molecule has 23 heavy (non-hydrogen) atoms. The molecule has 0 aliphatic carbocycles. The van der Waals surface area contributed by atoms with Crippen LogP contribution in [0.25, 0.3) is 0 Å². The maximum Gasteiger partial charge on any atom is 0.418 e. The third kappa shape index (κ3) is 4.48. The van der Waals surface area contributed by atoms with Crippen LogP contribution in [0.3, 0.4) is 0 Å². The molecule has 0 heterocycles. The predicted octanol–water partition coefficient (Wildman–Crippen LogP) is 4.42. The molecule has 1 amide bonds. The summed E-state index contributed by atoms with van der Waals surface area (Å²) >= 11 is 0. The van der Waals surface area contributed by atoms with Crippen LogP contribution in [0.5, 0.6) is 5.75 Å². The second-order valence-electron chi connectivity index (χ2n) is 5.11. The Hall–Kier alpha value is -2.50. The van der Waals surface area contributed by atoms with Gasteiger partial charge in [-0.25, -0.2) is 0 Å². The van der Waals surface area contributed by atoms with Crippen LogP contribution in [0.4, 0.5) is 18.9 Å². The van der Waals surface area contributed by atoms with E-state index in [4.69, 9.17) is 4.74 Å². The molecule has 122 valence electrons. The zero-order valence-corrected chi connectivity index (χ0v) is 12.6. The van der Waals surface area contributed by atoms with Gasteiger partial charge in [-0.15, -0.1) is 0 Å². The fourth-order valence-corrected chi connectivity index (χ4v) is 2.02. The monoisotopic (exact) mass is 323 g/mol. The lowest BCUT2D eigenvalue weighted by atomic mass is 10.1. The van der Waals surface area contributed by atoms with Crippen LogP contribution in [0.1, 0.15) is 18.1 Å². The van der Waals surface area contributed by atoms with E-state index in [1.807, 2.05) is 13.0 Å². The summed E-state index contributed by atoms with van der Waals surface area (Å²) in [6.45, 7) is 3.35. The molecule has 3 nitrogen and oxygen atoms in total. The maximum atomic E-state index is 12.9. The molecule has 0 unspecified atom stereocenters. The van der Waals surface area contributed by atoms with Gasteiger partial charge in [0.1, 0.15) is 5.75 Å². The van der Waals surface area contributed by atoms with E-state index in [2.05, 4.69) is 5.32 Å². The number of carbonyl (C=O) groups excluding carboxylic acids is 1. The zero-order valence-electron chi connectivity index (χ0n) is 12.6. The first-order valence-electron chi connectivity index (χ1n) is 6.98. The molecule has 2 aromatic rings. The zero-order chi connectivity index (χ0) is 17.0. The fourth-order valence-electron chi connectivity index (χ4n) is 2.02. The number of halogens is 3. The number of amides is 1. The van der Waals surface area contributed by atoms with Crippen LogP contribution in [-0.4, -0.2) is 12.0 Å². The number of alkyl halides is 3. The van der Waals surface area contributed by atoms with Crippen molar-refractivity contribution < 1.29 is 22.7 Å². The number of hydrogen-bond acceptors (Lipinski definition) is 2. The molecule has 0 saturated carbocycles. The van der Waals surface area contributed by atoms with Crippen molar-refractivity contribution in [3.63, 3.8) is 0 Å². The smallest absolute Gasteiger partial charge is 0.418 e. The summed E-state index contributed by atoms with van der Waals surface area (Å²) in [5.41, 5.74) is -0.224. The number of ether oxygens (including phenoxy) is 1. The Kier molecular flexibility index (Phi) is 4.93. The van der Waals surface area contributed by atoms with Crippen molar-refractivity contribution in [2.45, 2.75) is 26.1 Å². The summed E-state index contributed by atoms with van der Waals surface area (Å²) < 4.78 is 44.2. The first kappa shape index (κ1) is 16.9. The number of anilines is 1. The number of rotatable bonds is 4. The lowest BCUT2D eigenvalue weighted by molar-refractivity contribution is -0.137. The summed E-state index contributed by atoms with van der Waals surface area (Å²) in [5.74, 6) is -0.167. The Morgan fingerprint density at radius 1 is 1.13 bits per heavy atom. The van der Waals surface area contributed by atoms with Crippen molar-refractivity contribution in [2.24, 2.45) is 0 Å². The quantitative estimate of drug-likeness (QED) is 0.904. The van der Waals surface area contributed by atoms with Gasteiger partial charge in [-0.05, 0) is 43.7 Å². The Morgan fingerprint density at radius 2 is 1.83 bits per heavy atom. The number of hydrogen-bond donors (Lipinski definition) is 1. The third-order valence-corrected chi connectivity index (χ3v) is 3.16. The van der Waals surface area contributed by atoms with Gasteiger partial charge in [0.25, 0.3) is 5.91 Å². The summed E-state index contributed by atoms with van der Waals surface area (Å²) in [4.78, 5) is 12.1.